The minimum Gasteiger partial charge on any atom is -0.390 e. The van der Waals surface area contributed by atoms with Gasteiger partial charge in [0.1, 0.15) is 5.78 Å². The standard InChI is InChI=1S/C14H18ClNO2.C2H6/c1-10(17)14(6-7-16-8-13(18)9-16)11-2-4-12(15)5-3-11;1-2/h2-5,13-14,18H,6-9H2,1H3;1-2H3. The lowest BCUT2D eigenvalue weighted by Crippen LogP contribution is -2.51. The summed E-state index contributed by atoms with van der Waals surface area (Å²) in [5.41, 5.74) is 1.02. The number of halogens is 1. The molecule has 1 heterocycles. The summed E-state index contributed by atoms with van der Waals surface area (Å²) < 4.78 is 0. The molecule has 0 bridgehead atoms. The molecule has 1 aromatic rings. The van der Waals surface area contributed by atoms with E-state index >= 15 is 0 Å². The topological polar surface area (TPSA) is 40.5 Å². The van der Waals surface area contributed by atoms with Gasteiger partial charge in [0.2, 0.25) is 0 Å². The lowest BCUT2D eigenvalue weighted by molar-refractivity contribution is -0.118. The van der Waals surface area contributed by atoms with Crippen LogP contribution in [0.4, 0.5) is 0 Å². The Morgan fingerprint density at radius 2 is 1.90 bits per heavy atom. The fraction of sp³-hybridized carbons (Fsp3) is 0.562. The van der Waals surface area contributed by atoms with E-state index in [4.69, 9.17) is 11.6 Å². The van der Waals surface area contributed by atoms with Gasteiger partial charge in [-0.2, -0.15) is 0 Å². The molecule has 1 saturated heterocycles. The first-order valence-electron chi connectivity index (χ1n) is 7.22. The van der Waals surface area contributed by atoms with Crippen LogP contribution in [-0.4, -0.2) is 41.5 Å². The van der Waals surface area contributed by atoms with E-state index in [2.05, 4.69) is 4.90 Å². The molecule has 4 heteroatoms. The molecule has 20 heavy (non-hydrogen) atoms. The van der Waals surface area contributed by atoms with Crippen molar-refractivity contribution in [2.45, 2.75) is 39.2 Å². The Kier molecular flexibility index (Phi) is 7.20. The number of hydrogen-bond acceptors (Lipinski definition) is 3. The number of likely N-dealkylation sites (tertiary alicyclic amines) is 1. The molecule has 0 radical (unpaired) electrons. The second-order valence-corrected chi connectivity index (χ2v) is 5.35. The number of carbonyl (C=O) groups is 1. The number of hydrogen-bond donors (Lipinski definition) is 1. The lowest BCUT2D eigenvalue weighted by atomic mass is 9.91. The van der Waals surface area contributed by atoms with Gasteiger partial charge in [-0.15, -0.1) is 0 Å². The Labute approximate surface area is 126 Å². The number of Topliss-reactive ketones (excluding diaryl/α,β-unsaturated/α-hetero) is 1. The summed E-state index contributed by atoms with van der Waals surface area (Å²) in [5.74, 6) is 0.110. The summed E-state index contributed by atoms with van der Waals surface area (Å²) in [6, 6.07) is 7.47. The van der Waals surface area contributed by atoms with Crippen LogP contribution in [0.3, 0.4) is 0 Å². The Bertz CT molecular complexity index is 413. The van der Waals surface area contributed by atoms with E-state index in [1.807, 2.05) is 38.1 Å². The first-order chi connectivity index (χ1) is 9.56. The fourth-order valence-corrected chi connectivity index (χ4v) is 2.46. The maximum Gasteiger partial charge on any atom is 0.137 e. The molecule has 0 aliphatic carbocycles. The van der Waals surface area contributed by atoms with Crippen molar-refractivity contribution in [3.8, 4) is 0 Å². The predicted octanol–water partition coefficient (Wildman–Crippen LogP) is 3.11. The highest BCUT2D eigenvalue weighted by atomic mass is 35.5. The Balaban J connectivity index is 0.000000956. The molecule has 1 aromatic carbocycles. The molecule has 0 spiro atoms. The summed E-state index contributed by atoms with van der Waals surface area (Å²) in [6.07, 6.45) is 0.611. The van der Waals surface area contributed by atoms with Crippen molar-refractivity contribution in [3.63, 3.8) is 0 Å². The average Bonchev–Trinajstić information content (AvgIpc) is 2.40. The number of ketones is 1. The van der Waals surface area contributed by atoms with Crippen molar-refractivity contribution < 1.29 is 9.90 Å². The van der Waals surface area contributed by atoms with Gasteiger partial charge in [-0.3, -0.25) is 9.69 Å². The average molecular weight is 298 g/mol. The molecule has 2 rings (SSSR count). The van der Waals surface area contributed by atoms with Crippen molar-refractivity contribution in [3.05, 3.63) is 34.9 Å². The van der Waals surface area contributed by atoms with E-state index in [1.54, 1.807) is 6.92 Å². The van der Waals surface area contributed by atoms with Gasteiger partial charge < -0.3 is 5.11 Å². The minimum absolute atomic E-state index is 0.0694. The second kappa shape index (κ2) is 8.40. The fourth-order valence-electron chi connectivity index (χ4n) is 2.34. The van der Waals surface area contributed by atoms with Crippen LogP contribution in [0.2, 0.25) is 5.02 Å². The molecular weight excluding hydrogens is 274 g/mol. The van der Waals surface area contributed by atoms with Crippen molar-refractivity contribution in [1.29, 1.82) is 0 Å². The number of rotatable bonds is 5. The van der Waals surface area contributed by atoms with Gasteiger partial charge in [0.25, 0.3) is 0 Å². The van der Waals surface area contributed by atoms with Gasteiger partial charge in [-0.25, -0.2) is 0 Å². The number of nitrogens with zero attached hydrogens (tertiary/aromatic N) is 1. The Morgan fingerprint density at radius 1 is 1.35 bits per heavy atom. The molecule has 1 fully saturated rings. The van der Waals surface area contributed by atoms with Crippen LogP contribution in [0.5, 0.6) is 0 Å². The molecule has 1 aliphatic heterocycles. The van der Waals surface area contributed by atoms with E-state index in [-0.39, 0.29) is 17.8 Å². The highest BCUT2D eigenvalue weighted by Crippen LogP contribution is 2.24. The zero-order chi connectivity index (χ0) is 15.1. The zero-order valence-electron chi connectivity index (χ0n) is 12.5. The summed E-state index contributed by atoms with van der Waals surface area (Å²) >= 11 is 5.85. The molecule has 1 unspecified atom stereocenters. The zero-order valence-corrected chi connectivity index (χ0v) is 13.2. The van der Waals surface area contributed by atoms with E-state index < -0.39 is 0 Å². The minimum atomic E-state index is -0.184. The molecule has 0 aromatic heterocycles. The monoisotopic (exact) mass is 297 g/mol. The highest BCUT2D eigenvalue weighted by Gasteiger charge is 2.25. The Morgan fingerprint density at radius 3 is 2.35 bits per heavy atom. The summed E-state index contributed by atoms with van der Waals surface area (Å²) in [5, 5.41) is 9.90. The van der Waals surface area contributed by atoms with Crippen molar-refractivity contribution in [2.75, 3.05) is 19.6 Å². The van der Waals surface area contributed by atoms with E-state index in [1.165, 1.54) is 0 Å². The first kappa shape index (κ1) is 17.2. The normalized spacial score (nSPS) is 16.9. The molecule has 0 saturated carbocycles. The van der Waals surface area contributed by atoms with Crippen LogP contribution in [-0.2, 0) is 4.79 Å². The number of β-amino-alcohol motifs (C(OH)–C–C–N with tert-alkyl or cyclic N) is 1. The second-order valence-electron chi connectivity index (χ2n) is 4.92. The first-order valence-corrected chi connectivity index (χ1v) is 7.60. The third-order valence-electron chi connectivity index (χ3n) is 3.43. The van der Waals surface area contributed by atoms with Crippen LogP contribution >= 0.6 is 11.6 Å². The lowest BCUT2D eigenvalue weighted by Gasteiger charge is -2.36. The molecule has 112 valence electrons. The smallest absolute Gasteiger partial charge is 0.137 e. The molecule has 3 nitrogen and oxygen atoms in total. The van der Waals surface area contributed by atoms with Crippen molar-refractivity contribution in [2.24, 2.45) is 0 Å². The molecule has 1 atom stereocenters. The van der Waals surface area contributed by atoms with Gasteiger partial charge in [-0.1, -0.05) is 37.6 Å². The number of aliphatic hydroxyl groups excluding tert-OH is 1. The van der Waals surface area contributed by atoms with Gasteiger partial charge in [0, 0.05) is 24.0 Å². The summed E-state index contributed by atoms with van der Waals surface area (Å²) in [6.45, 7) is 7.94. The summed E-state index contributed by atoms with van der Waals surface area (Å²) in [4.78, 5) is 13.9. The van der Waals surface area contributed by atoms with Gasteiger partial charge in [0.05, 0.1) is 6.10 Å². The van der Waals surface area contributed by atoms with E-state index in [0.717, 1.165) is 31.6 Å². The highest BCUT2D eigenvalue weighted by molar-refractivity contribution is 6.30. The van der Waals surface area contributed by atoms with E-state index in [0.29, 0.717) is 5.02 Å². The SMILES string of the molecule is CC.CC(=O)C(CCN1CC(O)C1)c1ccc(Cl)cc1. The molecule has 1 N–H and O–H groups in total. The van der Waals surface area contributed by atoms with E-state index in [9.17, 15) is 9.90 Å². The third-order valence-corrected chi connectivity index (χ3v) is 3.69. The van der Waals surface area contributed by atoms with Crippen LogP contribution in [0.1, 0.15) is 38.7 Å². The Hall–Kier alpha value is -0.900. The predicted molar refractivity (Wildman–Crippen MR) is 83.3 cm³/mol. The third kappa shape index (κ3) is 4.89. The molecule has 0 amide bonds. The molecule has 1 aliphatic rings. The van der Waals surface area contributed by atoms with Crippen molar-refractivity contribution >= 4 is 17.4 Å². The van der Waals surface area contributed by atoms with Crippen molar-refractivity contribution in [1.82, 2.24) is 4.90 Å². The van der Waals surface area contributed by atoms with Crippen LogP contribution in [0.25, 0.3) is 0 Å². The van der Waals surface area contributed by atoms with Gasteiger partial charge in [0.15, 0.2) is 0 Å². The van der Waals surface area contributed by atoms with Crippen LogP contribution in [0.15, 0.2) is 24.3 Å². The quantitative estimate of drug-likeness (QED) is 0.908. The van der Waals surface area contributed by atoms with Gasteiger partial charge >= 0.3 is 0 Å². The number of benzene rings is 1. The molecular formula is C16H24ClNO2. The largest absolute Gasteiger partial charge is 0.390 e. The number of carbonyl (C=O) groups excluding carboxylic acids is 1. The van der Waals surface area contributed by atoms with Crippen LogP contribution in [0, 0.1) is 0 Å². The summed E-state index contributed by atoms with van der Waals surface area (Å²) in [7, 11) is 0. The van der Waals surface area contributed by atoms with Crippen LogP contribution < -0.4 is 0 Å². The number of aliphatic hydroxyl groups is 1. The van der Waals surface area contributed by atoms with Gasteiger partial charge in [-0.05, 0) is 37.6 Å². The maximum absolute atomic E-state index is 11.7. The maximum atomic E-state index is 11.7.